The van der Waals surface area contributed by atoms with Crippen molar-refractivity contribution < 1.29 is 14.3 Å². The van der Waals surface area contributed by atoms with Gasteiger partial charge in [0.15, 0.2) is 0 Å². The van der Waals surface area contributed by atoms with E-state index in [4.69, 9.17) is 4.74 Å². The first-order valence-corrected chi connectivity index (χ1v) is 12.3. The smallest absolute Gasteiger partial charge is 0.278 e. The third kappa shape index (κ3) is 4.82. The highest BCUT2D eigenvalue weighted by atomic mass is 16.5. The zero-order valence-electron chi connectivity index (χ0n) is 19.8. The molecule has 174 valence electrons. The topological polar surface area (TPSA) is 49.9 Å². The summed E-state index contributed by atoms with van der Waals surface area (Å²) < 4.78 is 5.30. The van der Waals surface area contributed by atoms with Crippen LogP contribution in [0, 0.1) is 0 Å². The maximum Gasteiger partial charge on any atom is 0.278 e. The van der Waals surface area contributed by atoms with Crippen molar-refractivity contribution in [2.75, 3.05) is 25.1 Å². The molecule has 0 N–H and O–H groups in total. The molecule has 2 aliphatic rings. The van der Waals surface area contributed by atoms with E-state index < -0.39 is 0 Å². The maximum absolute atomic E-state index is 13.7. The number of aryl methyl sites for hydroxylation is 1. The molecule has 2 aromatic rings. The van der Waals surface area contributed by atoms with Gasteiger partial charge < -0.3 is 9.64 Å². The van der Waals surface area contributed by atoms with Gasteiger partial charge in [0.2, 0.25) is 0 Å². The van der Waals surface area contributed by atoms with Gasteiger partial charge in [-0.25, -0.2) is 0 Å². The molecule has 5 nitrogen and oxygen atoms in total. The van der Waals surface area contributed by atoms with E-state index in [2.05, 4.69) is 24.0 Å². The van der Waals surface area contributed by atoms with Crippen LogP contribution < -0.4 is 9.64 Å². The minimum absolute atomic E-state index is 0.170. The van der Waals surface area contributed by atoms with Crippen LogP contribution in [0.1, 0.15) is 63.0 Å². The third-order valence-corrected chi connectivity index (χ3v) is 6.64. The molecule has 0 fully saturated rings. The van der Waals surface area contributed by atoms with Crippen LogP contribution in [-0.2, 0) is 16.0 Å². The van der Waals surface area contributed by atoms with Crippen LogP contribution in [0.15, 0.2) is 54.2 Å². The summed E-state index contributed by atoms with van der Waals surface area (Å²) in [5.74, 6) is 0.373. The number of hydrogen-bond acceptors (Lipinski definition) is 4. The number of methoxy groups -OCH3 is 1. The Morgan fingerprint density at radius 2 is 1.61 bits per heavy atom. The van der Waals surface area contributed by atoms with Gasteiger partial charge in [0.1, 0.15) is 11.4 Å². The summed E-state index contributed by atoms with van der Waals surface area (Å²) in [4.78, 5) is 30.8. The number of amides is 2. The molecule has 0 saturated heterocycles. The van der Waals surface area contributed by atoms with Crippen LogP contribution in [0.2, 0.25) is 0 Å². The van der Waals surface area contributed by atoms with E-state index in [1.54, 1.807) is 7.11 Å². The lowest BCUT2D eigenvalue weighted by molar-refractivity contribution is -0.137. The molecule has 5 heteroatoms. The summed E-state index contributed by atoms with van der Waals surface area (Å²) >= 11 is 0. The van der Waals surface area contributed by atoms with Crippen LogP contribution >= 0.6 is 0 Å². The van der Waals surface area contributed by atoms with Gasteiger partial charge >= 0.3 is 0 Å². The number of fused-ring (bicyclic) bond motifs is 1. The van der Waals surface area contributed by atoms with Gasteiger partial charge in [-0.1, -0.05) is 69.4 Å². The Kier molecular flexibility index (Phi) is 7.48. The molecule has 0 unspecified atom stereocenters. The summed E-state index contributed by atoms with van der Waals surface area (Å²) in [7, 11) is 1.62. The second kappa shape index (κ2) is 10.7. The number of unbranched alkanes of at least 4 members (excludes halogenated alkanes) is 5. The van der Waals surface area contributed by atoms with Crippen molar-refractivity contribution in [3.63, 3.8) is 0 Å². The van der Waals surface area contributed by atoms with Crippen LogP contribution in [0.25, 0.3) is 5.57 Å². The highest BCUT2D eigenvalue weighted by molar-refractivity contribution is 6.36. The number of ether oxygens (including phenoxy) is 1. The van der Waals surface area contributed by atoms with E-state index in [1.807, 2.05) is 36.4 Å². The molecule has 0 radical (unpaired) electrons. The Labute approximate surface area is 197 Å². The Bertz CT molecular complexity index is 1030. The number of rotatable bonds is 10. The summed E-state index contributed by atoms with van der Waals surface area (Å²) in [6.45, 7) is 3.41. The largest absolute Gasteiger partial charge is 0.497 e. The monoisotopic (exact) mass is 446 g/mol. The van der Waals surface area contributed by atoms with Crippen molar-refractivity contribution in [3.05, 3.63) is 65.4 Å². The average molecular weight is 447 g/mol. The van der Waals surface area contributed by atoms with Gasteiger partial charge in [-0.2, -0.15) is 0 Å². The zero-order chi connectivity index (χ0) is 23.2. The summed E-state index contributed by atoms with van der Waals surface area (Å²) in [6, 6.07) is 15.7. The van der Waals surface area contributed by atoms with Crippen molar-refractivity contribution in [1.82, 2.24) is 4.90 Å². The van der Waals surface area contributed by atoms with E-state index >= 15 is 0 Å². The lowest BCUT2D eigenvalue weighted by atomic mass is 9.98. The summed E-state index contributed by atoms with van der Waals surface area (Å²) in [5.41, 5.74) is 4.04. The fourth-order valence-electron chi connectivity index (χ4n) is 4.85. The zero-order valence-corrected chi connectivity index (χ0v) is 19.8. The summed E-state index contributed by atoms with van der Waals surface area (Å²) in [6.07, 6.45) is 8.63. The molecule has 2 amide bonds. The number of carbonyl (C=O) groups is 2. The van der Waals surface area contributed by atoms with Crippen LogP contribution in [0.5, 0.6) is 5.75 Å². The highest BCUT2D eigenvalue weighted by Gasteiger charge is 2.42. The van der Waals surface area contributed by atoms with E-state index in [-0.39, 0.29) is 11.8 Å². The first kappa shape index (κ1) is 23.1. The maximum atomic E-state index is 13.7. The van der Waals surface area contributed by atoms with Crippen molar-refractivity contribution >= 4 is 23.1 Å². The van der Waals surface area contributed by atoms with Crippen molar-refractivity contribution in [2.45, 2.75) is 58.3 Å². The predicted octanol–water partition coefficient (Wildman–Crippen LogP) is 5.59. The predicted molar refractivity (Wildman–Crippen MR) is 132 cm³/mol. The summed E-state index contributed by atoms with van der Waals surface area (Å²) in [5, 5.41) is 0. The molecule has 2 heterocycles. The number of benzene rings is 2. The molecule has 0 spiro atoms. The minimum atomic E-state index is -0.184. The second-order valence-electron chi connectivity index (χ2n) is 8.87. The number of nitrogens with zero attached hydrogens (tertiary/aromatic N) is 2. The van der Waals surface area contributed by atoms with E-state index in [1.165, 1.54) is 29.7 Å². The highest BCUT2D eigenvalue weighted by Crippen LogP contribution is 2.38. The van der Waals surface area contributed by atoms with Crippen LogP contribution in [0.4, 0.5) is 5.69 Å². The van der Waals surface area contributed by atoms with E-state index in [0.717, 1.165) is 55.6 Å². The van der Waals surface area contributed by atoms with Crippen LogP contribution in [0.3, 0.4) is 0 Å². The van der Waals surface area contributed by atoms with Gasteiger partial charge in [-0.3, -0.25) is 14.5 Å². The fraction of sp³-hybridized carbons (Fsp3) is 0.429. The van der Waals surface area contributed by atoms with Gasteiger partial charge in [0.05, 0.1) is 12.7 Å². The number of imide groups is 1. The number of hydrogen-bond donors (Lipinski definition) is 0. The number of carbonyl (C=O) groups excluding carboxylic acids is 2. The van der Waals surface area contributed by atoms with E-state index in [9.17, 15) is 9.59 Å². The molecular weight excluding hydrogens is 412 g/mol. The minimum Gasteiger partial charge on any atom is -0.497 e. The molecule has 0 aromatic heterocycles. The molecule has 33 heavy (non-hydrogen) atoms. The van der Waals surface area contributed by atoms with Gasteiger partial charge in [-0.05, 0) is 48.6 Å². The molecule has 0 atom stereocenters. The second-order valence-corrected chi connectivity index (χ2v) is 8.87. The standard InChI is InChI=1S/C28H34N2O3/c1-3-4-5-6-7-10-19-30-27(31)25(22-15-17-23(33-2)18-16-22)26(28(30)32)29-20-11-13-21-12-8-9-14-24(21)29/h8-9,12,14-18H,3-7,10-11,13,19-20H2,1-2H3. The van der Waals surface area contributed by atoms with Gasteiger partial charge in [0, 0.05) is 18.8 Å². The quantitative estimate of drug-likeness (QED) is 0.353. The average Bonchev–Trinajstić information content (AvgIpc) is 3.10. The SMILES string of the molecule is CCCCCCCCN1C(=O)C(c2ccc(OC)cc2)=C(N2CCCc3ccccc32)C1=O. The molecule has 4 rings (SSSR count). The Hall–Kier alpha value is -3.08. The molecule has 0 aliphatic carbocycles. The molecule has 0 bridgehead atoms. The third-order valence-electron chi connectivity index (χ3n) is 6.64. The van der Waals surface area contributed by atoms with Gasteiger partial charge in [0.25, 0.3) is 11.8 Å². The lowest BCUT2D eigenvalue weighted by Gasteiger charge is -2.32. The lowest BCUT2D eigenvalue weighted by Crippen LogP contribution is -2.37. The molecule has 2 aromatic carbocycles. The normalized spacial score (nSPS) is 15.9. The first-order valence-electron chi connectivity index (χ1n) is 12.3. The van der Waals surface area contributed by atoms with Crippen molar-refractivity contribution in [1.29, 1.82) is 0 Å². The van der Waals surface area contributed by atoms with Crippen molar-refractivity contribution in [3.8, 4) is 5.75 Å². The molecule has 0 saturated carbocycles. The number of anilines is 1. The number of para-hydroxylation sites is 1. The van der Waals surface area contributed by atoms with E-state index in [0.29, 0.717) is 17.8 Å². The van der Waals surface area contributed by atoms with Crippen LogP contribution in [-0.4, -0.2) is 36.9 Å². The Balaban J connectivity index is 1.65. The van der Waals surface area contributed by atoms with Gasteiger partial charge in [-0.15, -0.1) is 0 Å². The molecule has 2 aliphatic heterocycles. The Morgan fingerprint density at radius 3 is 2.36 bits per heavy atom. The fourth-order valence-corrected chi connectivity index (χ4v) is 4.85. The first-order chi connectivity index (χ1) is 16.2. The van der Waals surface area contributed by atoms with Crippen molar-refractivity contribution in [2.24, 2.45) is 0 Å². The Morgan fingerprint density at radius 1 is 0.879 bits per heavy atom. The molecular formula is C28H34N2O3.